The molecule has 1 aromatic carbocycles. The number of rotatable bonds is 5. The quantitative estimate of drug-likeness (QED) is 0.623. The van der Waals surface area contributed by atoms with Crippen LogP contribution in [0.4, 0.5) is 11.4 Å². The average molecular weight is 321 g/mol. The Balaban J connectivity index is 2.50. The smallest absolute Gasteiger partial charge is 0.265 e. The van der Waals surface area contributed by atoms with E-state index in [2.05, 4.69) is 4.98 Å². The van der Waals surface area contributed by atoms with Crippen LogP contribution in [-0.2, 0) is 10.0 Å². The number of pyridine rings is 1. The molecule has 0 saturated carbocycles. The SMILES string of the molecule is CCN(c1cccnc1)S(=O)(=O)c1ccc([N+](=O)[O-])c(C)c1. The van der Waals surface area contributed by atoms with Crippen LogP contribution in [0.1, 0.15) is 12.5 Å². The molecule has 7 nitrogen and oxygen atoms in total. The molecule has 2 rings (SSSR count). The van der Waals surface area contributed by atoms with E-state index in [0.29, 0.717) is 11.3 Å². The average Bonchev–Trinajstić information content (AvgIpc) is 2.48. The predicted octanol–water partition coefficient (Wildman–Crippen LogP) is 2.51. The summed E-state index contributed by atoms with van der Waals surface area (Å²) in [4.78, 5) is 14.2. The topological polar surface area (TPSA) is 93.4 Å². The Morgan fingerprint density at radius 2 is 2.05 bits per heavy atom. The Bertz CT molecular complexity index is 791. The molecule has 0 aliphatic heterocycles. The maximum Gasteiger partial charge on any atom is 0.272 e. The van der Waals surface area contributed by atoms with Crippen LogP contribution in [0.5, 0.6) is 0 Å². The van der Waals surface area contributed by atoms with Gasteiger partial charge in [-0.15, -0.1) is 0 Å². The standard InChI is InChI=1S/C14H15N3O4S/c1-3-16(12-5-4-8-15-10-12)22(20,21)13-6-7-14(17(18)19)11(2)9-13/h4-10H,3H2,1-2H3. The zero-order valence-corrected chi connectivity index (χ0v) is 12.9. The zero-order valence-electron chi connectivity index (χ0n) is 12.1. The van der Waals surface area contributed by atoms with Crippen molar-refractivity contribution in [2.75, 3.05) is 10.8 Å². The van der Waals surface area contributed by atoms with Crippen molar-refractivity contribution >= 4 is 21.4 Å². The fraction of sp³-hybridized carbons (Fsp3) is 0.214. The summed E-state index contributed by atoms with van der Waals surface area (Å²) < 4.78 is 26.7. The maximum absolute atomic E-state index is 12.7. The molecule has 8 heteroatoms. The molecule has 0 saturated heterocycles. The lowest BCUT2D eigenvalue weighted by Crippen LogP contribution is -2.30. The van der Waals surface area contributed by atoms with Crippen LogP contribution in [-0.4, -0.2) is 24.9 Å². The van der Waals surface area contributed by atoms with Gasteiger partial charge in [0, 0.05) is 24.4 Å². The van der Waals surface area contributed by atoms with Crippen molar-refractivity contribution in [1.29, 1.82) is 0 Å². The van der Waals surface area contributed by atoms with Crippen LogP contribution in [0.25, 0.3) is 0 Å². The summed E-state index contributed by atoms with van der Waals surface area (Å²) >= 11 is 0. The van der Waals surface area contributed by atoms with Crippen molar-refractivity contribution in [3.05, 3.63) is 58.4 Å². The number of aromatic nitrogens is 1. The van der Waals surface area contributed by atoms with Gasteiger partial charge in [0.25, 0.3) is 15.7 Å². The fourth-order valence-electron chi connectivity index (χ4n) is 2.11. The molecule has 0 atom stereocenters. The molecule has 0 spiro atoms. The highest BCUT2D eigenvalue weighted by molar-refractivity contribution is 7.92. The van der Waals surface area contributed by atoms with Gasteiger partial charge in [0.15, 0.2) is 0 Å². The fourth-order valence-corrected chi connectivity index (χ4v) is 3.66. The molecular weight excluding hydrogens is 306 g/mol. The number of hydrogen-bond donors (Lipinski definition) is 0. The molecule has 2 aromatic rings. The van der Waals surface area contributed by atoms with Crippen molar-refractivity contribution in [2.45, 2.75) is 18.7 Å². The van der Waals surface area contributed by atoms with Gasteiger partial charge in [0.2, 0.25) is 0 Å². The molecule has 1 aromatic heterocycles. The van der Waals surface area contributed by atoms with Crippen LogP contribution >= 0.6 is 0 Å². The number of nitro groups is 1. The van der Waals surface area contributed by atoms with Gasteiger partial charge >= 0.3 is 0 Å². The van der Waals surface area contributed by atoms with Gasteiger partial charge in [-0.3, -0.25) is 19.4 Å². The number of nitro benzene ring substituents is 1. The predicted molar refractivity (Wildman–Crippen MR) is 82.3 cm³/mol. The van der Waals surface area contributed by atoms with Gasteiger partial charge in [0.05, 0.1) is 21.7 Å². The molecule has 116 valence electrons. The first-order valence-electron chi connectivity index (χ1n) is 6.55. The largest absolute Gasteiger partial charge is 0.272 e. The van der Waals surface area contributed by atoms with Crippen LogP contribution in [0, 0.1) is 17.0 Å². The molecule has 1 heterocycles. The van der Waals surface area contributed by atoms with Crippen LogP contribution < -0.4 is 4.31 Å². The van der Waals surface area contributed by atoms with Crippen LogP contribution in [0.3, 0.4) is 0 Å². The van der Waals surface area contributed by atoms with Crippen molar-refractivity contribution in [3.63, 3.8) is 0 Å². The van der Waals surface area contributed by atoms with Crippen molar-refractivity contribution in [2.24, 2.45) is 0 Å². The molecule has 0 fully saturated rings. The molecule has 0 radical (unpaired) electrons. The van der Waals surface area contributed by atoms with Gasteiger partial charge in [-0.05, 0) is 38.1 Å². The number of sulfonamides is 1. The highest BCUT2D eigenvalue weighted by atomic mass is 32.2. The Morgan fingerprint density at radius 1 is 1.32 bits per heavy atom. The first kappa shape index (κ1) is 15.9. The lowest BCUT2D eigenvalue weighted by molar-refractivity contribution is -0.385. The highest BCUT2D eigenvalue weighted by Crippen LogP contribution is 2.26. The van der Waals surface area contributed by atoms with Gasteiger partial charge in [-0.25, -0.2) is 8.42 Å². The normalized spacial score (nSPS) is 11.2. The Morgan fingerprint density at radius 3 is 2.55 bits per heavy atom. The first-order valence-corrected chi connectivity index (χ1v) is 7.99. The van der Waals surface area contributed by atoms with E-state index in [4.69, 9.17) is 0 Å². The minimum Gasteiger partial charge on any atom is -0.265 e. The third-order valence-corrected chi connectivity index (χ3v) is 5.07. The van der Waals surface area contributed by atoms with E-state index in [9.17, 15) is 18.5 Å². The Labute approximate surface area is 128 Å². The van der Waals surface area contributed by atoms with E-state index in [1.807, 2.05) is 0 Å². The molecule has 0 amide bonds. The lowest BCUT2D eigenvalue weighted by Gasteiger charge is -2.22. The molecule has 0 N–H and O–H groups in total. The van der Waals surface area contributed by atoms with Gasteiger partial charge in [-0.1, -0.05) is 0 Å². The second-order valence-corrected chi connectivity index (χ2v) is 6.45. The van der Waals surface area contributed by atoms with Crippen molar-refractivity contribution in [1.82, 2.24) is 4.98 Å². The Kier molecular flexibility index (Phi) is 4.41. The van der Waals surface area contributed by atoms with E-state index in [1.165, 1.54) is 35.6 Å². The van der Waals surface area contributed by atoms with E-state index < -0.39 is 14.9 Å². The van der Waals surface area contributed by atoms with Crippen LogP contribution in [0.15, 0.2) is 47.6 Å². The summed E-state index contributed by atoms with van der Waals surface area (Å²) in [6.07, 6.45) is 3.01. The third-order valence-electron chi connectivity index (χ3n) is 3.17. The minimum absolute atomic E-state index is 0.0151. The number of benzene rings is 1. The zero-order chi connectivity index (χ0) is 16.3. The third kappa shape index (κ3) is 2.91. The van der Waals surface area contributed by atoms with Gasteiger partial charge < -0.3 is 0 Å². The summed E-state index contributed by atoms with van der Waals surface area (Å²) in [5.41, 5.74) is 0.637. The molecule has 0 aliphatic carbocycles. The molecule has 0 aliphatic rings. The molecular formula is C14H15N3O4S. The Hall–Kier alpha value is -2.48. The number of hydrogen-bond acceptors (Lipinski definition) is 5. The summed E-state index contributed by atoms with van der Waals surface area (Å²) in [5, 5.41) is 10.8. The second kappa shape index (κ2) is 6.10. The second-order valence-electron chi connectivity index (χ2n) is 4.59. The van der Waals surface area contributed by atoms with Crippen molar-refractivity contribution < 1.29 is 13.3 Å². The summed E-state index contributed by atoms with van der Waals surface area (Å²) in [7, 11) is -3.80. The number of aryl methyl sites for hydroxylation is 1. The van der Waals surface area contributed by atoms with E-state index in [1.54, 1.807) is 25.3 Å². The van der Waals surface area contributed by atoms with E-state index in [-0.39, 0.29) is 17.1 Å². The van der Waals surface area contributed by atoms with E-state index >= 15 is 0 Å². The minimum atomic E-state index is -3.80. The number of nitrogens with zero attached hydrogens (tertiary/aromatic N) is 3. The van der Waals surface area contributed by atoms with Gasteiger partial charge in [-0.2, -0.15) is 0 Å². The molecule has 22 heavy (non-hydrogen) atoms. The monoisotopic (exact) mass is 321 g/mol. The molecule has 0 bridgehead atoms. The van der Waals surface area contributed by atoms with Crippen LogP contribution in [0.2, 0.25) is 0 Å². The first-order chi connectivity index (χ1) is 10.4. The highest BCUT2D eigenvalue weighted by Gasteiger charge is 2.25. The molecule has 0 unspecified atom stereocenters. The van der Waals surface area contributed by atoms with Crippen molar-refractivity contribution in [3.8, 4) is 0 Å². The summed E-state index contributed by atoms with van der Waals surface area (Å²) in [6, 6.07) is 7.06. The summed E-state index contributed by atoms with van der Waals surface area (Å²) in [5.74, 6) is 0. The number of anilines is 1. The maximum atomic E-state index is 12.7. The summed E-state index contributed by atoms with van der Waals surface area (Å²) in [6.45, 7) is 3.45. The van der Waals surface area contributed by atoms with E-state index in [0.717, 1.165) is 0 Å². The van der Waals surface area contributed by atoms with Gasteiger partial charge in [0.1, 0.15) is 0 Å². The lowest BCUT2D eigenvalue weighted by atomic mass is 10.2.